The van der Waals surface area contributed by atoms with E-state index in [0.717, 1.165) is 5.69 Å². The average Bonchev–Trinajstić information content (AvgIpc) is 2.49. The predicted molar refractivity (Wildman–Crippen MR) is 60.2 cm³/mol. The smallest absolute Gasteiger partial charge is 0.0402 e. The Balaban J connectivity index is 2.55. The summed E-state index contributed by atoms with van der Waals surface area (Å²) in [6.45, 7) is 2.20. The van der Waals surface area contributed by atoms with Crippen LogP contribution in [-0.2, 0) is 6.42 Å². The maximum Gasteiger partial charge on any atom is 0.0402 e. The molecule has 13 heavy (non-hydrogen) atoms. The van der Waals surface area contributed by atoms with E-state index in [0.29, 0.717) is 0 Å². The van der Waals surface area contributed by atoms with E-state index >= 15 is 0 Å². The molecule has 1 aromatic heterocycles. The number of anilines is 1. The fourth-order valence-corrected chi connectivity index (χ4v) is 2.70. The van der Waals surface area contributed by atoms with Crippen molar-refractivity contribution < 1.29 is 0 Å². The van der Waals surface area contributed by atoms with Crippen molar-refractivity contribution in [3.8, 4) is 0 Å². The first-order valence-corrected chi connectivity index (χ1v) is 5.40. The highest BCUT2D eigenvalue weighted by molar-refractivity contribution is 7.19. The van der Waals surface area contributed by atoms with Crippen molar-refractivity contribution in [2.24, 2.45) is 0 Å². The van der Waals surface area contributed by atoms with E-state index in [-0.39, 0.29) is 0 Å². The third-order valence-corrected chi connectivity index (χ3v) is 3.30. The Morgan fingerprint density at radius 2 is 2.23 bits per heavy atom. The molecule has 2 N–H and O–H groups in total. The van der Waals surface area contributed by atoms with Gasteiger partial charge in [-0.15, -0.1) is 11.3 Å². The Labute approximate surface area is 82.2 Å². The van der Waals surface area contributed by atoms with Gasteiger partial charge in [-0.05, 0) is 24.6 Å². The minimum atomic E-state index is 0.899. The standard InChI is InChI=1S/C11H13NS/c1-2-4-8-7-9-10(12)5-3-6-11(9)13-8/h3,5-7H,2,4,12H2,1H3. The Kier molecular flexibility index (Phi) is 2.23. The molecule has 0 bridgehead atoms. The largest absolute Gasteiger partial charge is 0.398 e. The van der Waals surface area contributed by atoms with E-state index in [2.05, 4.69) is 19.1 Å². The zero-order valence-corrected chi connectivity index (χ0v) is 8.53. The molecule has 0 aliphatic heterocycles. The second kappa shape index (κ2) is 3.38. The van der Waals surface area contributed by atoms with Gasteiger partial charge in [-0.1, -0.05) is 19.4 Å². The van der Waals surface area contributed by atoms with Gasteiger partial charge < -0.3 is 5.73 Å². The zero-order chi connectivity index (χ0) is 9.26. The van der Waals surface area contributed by atoms with Gasteiger partial charge in [-0.2, -0.15) is 0 Å². The van der Waals surface area contributed by atoms with Crippen molar-refractivity contribution in [1.29, 1.82) is 0 Å². The van der Waals surface area contributed by atoms with Crippen LogP contribution in [0.25, 0.3) is 10.1 Å². The van der Waals surface area contributed by atoms with Crippen LogP contribution < -0.4 is 5.73 Å². The second-order valence-electron chi connectivity index (χ2n) is 3.22. The maximum atomic E-state index is 5.87. The van der Waals surface area contributed by atoms with Crippen molar-refractivity contribution in [3.05, 3.63) is 29.1 Å². The molecule has 0 atom stereocenters. The molecule has 0 amide bonds. The molecule has 1 nitrogen and oxygen atoms in total. The quantitative estimate of drug-likeness (QED) is 0.723. The number of hydrogen-bond acceptors (Lipinski definition) is 2. The summed E-state index contributed by atoms with van der Waals surface area (Å²) < 4.78 is 1.31. The maximum absolute atomic E-state index is 5.87. The van der Waals surface area contributed by atoms with E-state index in [1.54, 1.807) is 0 Å². The van der Waals surface area contributed by atoms with E-state index in [1.165, 1.54) is 27.8 Å². The Hall–Kier alpha value is -1.02. The lowest BCUT2D eigenvalue weighted by Gasteiger charge is -1.92. The van der Waals surface area contributed by atoms with Crippen LogP contribution >= 0.6 is 11.3 Å². The topological polar surface area (TPSA) is 26.0 Å². The second-order valence-corrected chi connectivity index (χ2v) is 4.39. The van der Waals surface area contributed by atoms with Crippen LogP contribution in [0.15, 0.2) is 24.3 Å². The lowest BCUT2D eigenvalue weighted by Crippen LogP contribution is -1.82. The van der Waals surface area contributed by atoms with Crippen LogP contribution in [0.3, 0.4) is 0 Å². The molecular weight excluding hydrogens is 178 g/mol. The molecule has 68 valence electrons. The van der Waals surface area contributed by atoms with Crippen LogP contribution in [0, 0.1) is 0 Å². The van der Waals surface area contributed by atoms with Crippen LogP contribution in [-0.4, -0.2) is 0 Å². The van der Waals surface area contributed by atoms with Gasteiger partial charge in [0.15, 0.2) is 0 Å². The highest BCUT2D eigenvalue weighted by atomic mass is 32.1. The van der Waals surface area contributed by atoms with Crippen LogP contribution in [0.5, 0.6) is 0 Å². The summed E-state index contributed by atoms with van der Waals surface area (Å²) in [6.07, 6.45) is 2.37. The number of rotatable bonds is 2. The zero-order valence-electron chi connectivity index (χ0n) is 7.71. The molecule has 0 unspecified atom stereocenters. The van der Waals surface area contributed by atoms with Crippen molar-refractivity contribution in [1.82, 2.24) is 0 Å². The molecule has 2 aromatic rings. The van der Waals surface area contributed by atoms with Crippen molar-refractivity contribution in [2.45, 2.75) is 19.8 Å². The summed E-state index contributed by atoms with van der Waals surface area (Å²) >= 11 is 1.86. The molecule has 0 radical (unpaired) electrons. The molecule has 0 aliphatic rings. The first kappa shape index (κ1) is 8.57. The fourth-order valence-electron chi connectivity index (χ4n) is 1.51. The third kappa shape index (κ3) is 1.54. The molecule has 1 heterocycles. The highest BCUT2D eigenvalue weighted by Gasteiger charge is 2.02. The van der Waals surface area contributed by atoms with Crippen molar-refractivity contribution in [3.63, 3.8) is 0 Å². The number of aryl methyl sites for hydroxylation is 1. The summed E-state index contributed by atoms with van der Waals surface area (Å²) in [5, 5.41) is 1.22. The summed E-state index contributed by atoms with van der Waals surface area (Å²) in [5.74, 6) is 0. The summed E-state index contributed by atoms with van der Waals surface area (Å²) in [4.78, 5) is 1.44. The van der Waals surface area contributed by atoms with Crippen LogP contribution in [0.4, 0.5) is 5.69 Å². The third-order valence-electron chi connectivity index (χ3n) is 2.14. The summed E-state index contributed by atoms with van der Waals surface area (Å²) in [5.41, 5.74) is 6.77. The Bertz CT molecular complexity index is 417. The number of hydrogen-bond donors (Lipinski definition) is 1. The minimum absolute atomic E-state index is 0.899. The first-order valence-electron chi connectivity index (χ1n) is 4.58. The fraction of sp³-hybridized carbons (Fsp3) is 0.273. The predicted octanol–water partition coefficient (Wildman–Crippen LogP) is 3.44. The molecule has 1 aromatic carbocycles. The molecule has 2 rings (SSSR count). The number of benzene rings is 1. The molecular formula is C11H13NS. The molecule has 0 saturated carbocycles. The van der Waals surface area contributed by atoms with Crippen LogP contribution in [0.1, 0.15) is 18.2 Å². The highest BCUT2D eigenvalue weighted by Crippen LogP contribution is 2.30. The molecule has 2 heteroatoms. The lowest BCUT2D eigenvalue weighted by atomic mass is 10.2. The Morgan fingerprint density at radius 3 is 2.92 bits per heavy atom. The summed E-state index contributed by atoms with van der Waals surface area (Å²) in [6, 6.07) is 8.34. The van der Waals surface area contributed by atoms with Gasteiger partial charge in [0.05, 0.1) is 0 Å². The molecule has 0 spiro atoms. The van der Waals surface area contributed by atoms with Crippen molar-refractivity contribution >= 4 is 27.1 Å². The normalized spacial score (nSPS) is 10.8. The molecule has 0 fully saturated rings. The van der Waals surface area contributed by atoms with Crippen LogP contribution in [0.2, 0.25) is 0 Å². The van der Waals surface area contributed by atoms with Gasteiger partial charge in [0.2, 0.25) is 0 Å². The number of thiophene rings is 1. The van der Waals surface area contributed by atoms with E-state index < -0.39 is 0 Å². The van der Waals surface area contributed by atoms with Gasteiger partial charge in [0.25, 0.3) is 0 Å². The van der Waals surface area contributed by atoms with E-state index in [4.69, 9.17) is 5.73 Å². The van der Waals surface area contributed by atoms with E-state index in [9.17, 15) is 0 Å². The van der Waals surface area contributed by atoms with E-state index in [1.807, 2.05) is 23.5 Å². The number of fused-ring (bicyclic) bond motifs is 1. The number of nitrogen functional groups attached to an aromatic ring is 1. The summed E-state index contributed by atoms with van der Waals surface area (Å²) in [7, 11) is 0. The monoisotopic (exact) mass is 191 g/mol. The van der Waals surface area contributed by atoms with Gasteiger partial charge in [0, 0.05) is 20.7 Å². The van der Waals surface area contributed by atoms with Gasteiger partial charge in [0.1, 0.15) is 0 Å². The van der Waals surface area contributed by atoms with Gasteiger partial charge in [-0.25, -0.2) is 0 Å². The SMILES string of the molecule is CCCc1cc2c(N)cccc2s1. The van der Waals surface area contributed by atoms with Crippen molar-refractivity contribution in [2.75, 3.05) is 5.73 Å². The minimum Gasteiger partial charge on any atom is -0.398 e. The lowest BCUT2D eigenvalue weighted by molar-refractivity contribution is 0.941. The molecule has 0 saturated heterocycles. The average molecular weight is 191 g/mol. The first-order chi connectivity index (χ1) is 6.31. The van der Waals surface area contributed by atoms with Gasteiger partial charge >= 0.3 is 0 Å². The molecule has 0 aliphatic carbocycles. The van der Waals surface area contributed by atoms with Gasteiger partial charge in [-0.3, -0.25) is 0 Å². The number of nitrogens with two attached hydrogens (primary N) is 1. The Morgan fingerprint density at radius 1 is 1.38 bits per heavy atom.